The molecule has 0 radical (unpaired) electrons. The van der Waals surface area contributed by atoms with Gasteiger partial charge in [-0.15, -0.1) is 0 Å². The molecule has 0 N–H and O–H groups in total. The first-order chi connectivity index (χ1) is 8.58. The maximum absolute atomic E-state index is 11.8. The van der Waals surface area contributed by atoms with Crippen LogP contribution in [-0.4, -0.2) is 16.4 Å². The highest BCUT2D eigenvalue weighted by Crippen LogP contribution is 2.30. The molecule has 0 saturated carbocycles. The van der Waals surface area contributed by atoms with Gasteiger partial charge in [0.2, 0.25) is 11.8 Å². The van der Waals surface area contributed by atoms with E-state index >= 15 is 0 Å². The largest absolute Gasteiger partial charge is 0.330 e. The number of amides is 2. The maximum Gasteiger partial charge on any atom is 0.235 e. The van der Waals surface area contributed by atoms with Gasteiger partial charge in [-0.05, 0) is 24.3 Å². The minimum Gasteiger partial charge on any atom is -0.330 e. The lowest BCUT2D eigenvalue weighted by Crippen LogP contribution is -2.30. The van der Waals surface area contributed by atoms with E-state index in [2.05, 4.69) is 15.9 Å². The van der Waals surface area contributed by atoms with E-state index in [9.17, 15) is 9.59 Å². The molecule has 1 aromatic heterocycles. The highest BCUT2D eigenvalue weighted by atomic mass is 79.9. The molecule has 3 rings (SSSR count). The van der Waals surface area contributed by atoms with Crippen molar-refractivity contribution < 1.29 is 9.59 Å². The van der Waals surface area contributed by atoms with Crippen LogP contribution < -0.4 is 4.90 Å². The van der Waals surface area contributed by atoms with Gasteiger partial charge >= 0.3 is 0 Å². The lowest BCUT2D eigenvalue weighted by Gasteiger charge is -2.14. The zero-order valence-corrected chi connectivity index (χ0v) is 11.4. The SMILES string of the molecule is Cn1c(N2C(=O)CCC2=O)cc2cc(Br)ccc21. The molecule has 92 valence electrons. The van der Waals surface area contributed by atoms with Crippen LogP contribution in [-0.2, 0) is 16.6 Å². The number of aryl methyl sites for hydroxylation is 1. The van der Waals surface area contributed by atoms with E-state index in [1.807, 2.05) is 35.9 Å². The fourth-order valence-electron chi connectivity index (χ4n) is 2.35. The fraction of sp³-hybridized carbons (Fsp3) is 0.231. The van der Waals surface area contributed by atoms with Gasteiger partial charge in [-0.3, -0.25) is 9.59 Å². The molecule has 2 heterocycles. The minimum absolute atomic E-state index is 0.120. The van der Waals surface area contributed by atoms with E-state index in [4.69, 9.17) is 0 Å². The Labute approximate surface area is 112 Å². The first kappa shape index (κ1) is 11.5. The van der Waals surface area contributed by atoms with E-state index in [0.29, 0.717) is 18.7 Å². The van der Waals surface area contributed by atoms with Crippen molar-refractivity contribution in [3.05, 3.63) is 28.7 Å². The molecule has 5 heteroatoms. The molecule has 1 saturated heterocycles. The predicted octanol–water partition coefficient (Wildman–Crippen LogP) is 2.59. The van der Waals surface area contributed by atoms with Crippen molar-refractivity contribution in [2.24, 2.45) is 7.05 Å². The Morgan fingerprint density at radius 3 is 2.44 bits per heavy atom. The number of benzene rings is 1. The third kappa shape index (κ3) is 1.58. The smallest absolute Gasteiger partial charge is 0.235 e. The Balaban J connectivity index is 2.21. The summed E-state index contributed by atoms with van der Waals surface area (Å²) < 4.78 is 2.86. The van der Waals surface area contributed by atoms with Crippen LogP contribution in [0.1, 0.15) is 12.8 Å². The second-order valence-corrected chi connectivity index (χ2v) is 5.30. The topological polar surface area (TPSA) is 42.3 Å². The second-order valence-electron chi connectivity index (χ2n) is 4.39. The van der Waals surface area contributed by atoms with Gasteiger partial charge in [0.05, 0.1) is 0 Å². The Hall–Kier alpha value is -1.62. The molecule has 2 aromatic rings. The summed E-state index contributed by atoms with van der Waals surface area (Å²) in [6.07, 6.45) is 0.619. The molecule has 1 fully saturated rings. The van der Waals surface area contributed by atoms with Gasteiger partial charge in [0.15, 0.2) is 0 Å². The Bertz CT molecular complexity index is 659. The highest BCUT2D eigenvalue weighted by Gasteiger charge is 2.32. The van der Waals surface area contributed by atoms with Crippen LogP contribution in [0.2, 0.25) is 0 Å². The molecule has 1 aliphatic rings. The monoisotopic (exact) mass is 306 g/mol. The number of halogens is 1. The quantitative estimate of drug-likeness (QED) is 0.760. The average molecular weight is 307 g/mol. The van der Waals surface area contributed by atoms with E-state index in [1.165, 1.54) is 4.90 Å². The summed E-state index contributed by atoms with van der Waals surface area (Å²) in [5, 5.41) is 1.01. The van der Waals surface area contributed by atoms with E-state index in [0.717, 1.165) is 15.4 Å². The van der Waals surface area contributed by atoms with E-state index in [1.54, 1.807) is 0 Å². The van der Waals surface area contributed by atoms with Crippen LogP contribution >= 0.6 is 15.9 Å². The van der Waals surface area contributed by atoms with Gasteiger partial charge < -0.3 is 4.57 Å². The third-order valence-corrected chi connectivity index (χ3v) is 3.75. The number of carbonyl (C=O) groups excluding carboxylic acids is 2. The molecular formula is C13H11BrN2O2. The number of hydrogen-bond acceptors (Lipinski definition) is 2. The molecule has 0 bridgehead atoms. The van der Waals surface area contributed by atoms with Crippen molar-refractivity contribution in [3.8, 4) is 0 Å². The molecule has 1 aromatic carbocycles. The summed E-state index contributed by atoms with van der Waals surface area (Å²) in [5.41, 5.74) is 1.00. The van der Waals surface area contributed by atoms with E-state index in [-0.39, 0.29) is 11.8 Å². The van der Waals surface area contributed by atoms with Gasteiger partial charge in [-0.1, -0.05) is 15.9 Å². The summed E-state index contributed by atoms with van der Waals surface area (Å²) in [7, 11) is 1.87. The molecule has 4 nitrogen and oxygen atoms in total. The molecule has 0 aliphatic carbocycles. The van der Waals surface area contributed by atoms with Crippen LogP contribution in [0.25, 0.3) is 10.9 Å². The van der Waals surface area contributed by atoms with Gasteiger partial charge in [-0.25, -0.2) is 4.90 Å². The molecule has 2 amide bonds. The number of rotatable bonds is 1. The van der Waals surface area contributed by atoms with Crippen LogP contribution in [0.3, 0.4) is 0 Å². The summed E-state index contributed by atoms with van der Waals surface area (Å²) in [4.78, 5) is 24.8. The van der Waals surface area contributed by atoms with Crippen LogP contribution in [0.5, 0.6) is 0 Å². The number of aromatic nitrogens is 1. The van der Waals surface area contributed by atoms with Crippen molar-refractivity contribution in [3.63, 3.8) is 0 Å². The normalized spacial score (nSPS) is 16.0. The van der Waals surface area contributed by atoms with Crippen LogP contribution in [0.15, 0.2) is 28.7 Å². The fourth-order valence-corrected chi connectivity index (χ4v) is 2.73. The van der Waals surface area contributed by atoms with Crippen molar-refractivity contribution in [2.45, 2.75) is 12.8 Å². The van der Waals surface area contributed by atoms with E-state index < -0.39 is 0 Å². The highest BCUT2D eigenvalue weighted by molar-refractivity contribution is 9.10. The third-order valence-electron chi connectivity index (χ3n) is 3.26. The lowest BCUT2D eigenvalue weighted by atomic mass is 10.2. The minimum atomic E-state index is -0.120. The van der Waals surface area contributed by atoms with Gasteiger partial charge in [-0.2, -0.15) is 0 Å². The van der Waals surface area contributed by atoms with Crippen LogP contribution in [0, 0.1) is 0 Å². The Morgan fingerprint density at radius 2 is 1.78 bits per heavy atom. The molecular weight excluding hydrogens is 296 g/mol. The van der Waals surface area contributed by atoms with Gasteiger partial charge in [0.1, 0.15) is 5.82 Å². The summed E-state index contributed by atoms with van der Waals surface area (Å²) in [6.45, 7) is 0. The number of hydrogen-bond donors (Lipinski definition) is 0. The average Bonchev–Trinajstić information content (AvgIpc) is 2.80. The number of imide groups is 1. The van der Waals surface area contributed by atoms with Gasteiger partial charge in [0, 0.05) is 35.3 Å². The van der Waals surface area contributed by atoms with Crippen molar-refractivity contribution in [1.82, 2.24) is 4.57 Å². The molecule has 0 spiro atoms. The van der Waals surface area contributed by atoms with Crippen molar-refractivity contribution >= 4 is 44.5 Å². The maximum atomic E-state index is 11.8. The summed E-state index contributed by atoms with van der Waals surface area (Å²) in [6, 6.07) is 7.76. The Kier molecular flexibility index (Phi) is 2.52. The molecule has 18 heavy (non-hydrogen) atoms. The van der Waals surface area contributed by atoms with Crippen molar-refractivity contribution in [1.29, 1.82) is 0 Å². The lowest BCUT2D eigenvalue weighted by molar-refractivity contribution is -0.121. The number of anilines is 1. The molecule has 1 aliphatic heterocycles. The molecule has 0 unspecified atom stereocenters. The zero-order chi connectivity index (χ0) is 12.9. The molecule has 0 atom stereocenters. The Morgan fingerprint density at radius 1 is 1.11 bits per heavy atom. The van der Waals surface area contributed by atoms with Gasteiger partial charge in [0.25, 0.3) is 0 Å². The summed E-state index contributed by atoms with van der Waals surface area (Å²) in [5.74, 6) is 0.408. The predicted molar refractivity (Wildman–Crippen MR) is 72.3 cm³/mol. The standard InChI is InChI=1S/C13H11BrN2O2/c1-15-10-3-2-9(14)6-8(10)7-11(15)16-12(17)4-5-13(16)18/h2-3,6-7H,4-5H2,1H3. The van der Waals surface area contributed by atoms with Crippen molar-refractivity contribution in [2.75, 3.05) is 4.90 Å². The summed E-state index contributed by atoms with van der Waals surface area (Å²) >= 11 is 3.42. The first-order valence-electron chi connectivity index (χ1n) is 5.68. The number of fused-ring (bicyclic) bond motifs is 1. The first-order valence-corrected chi connectivity index (χ1v) is 6.48. The van der Waals surface area contributed by atoms with Crippen LogP contribution in [0.4, 0.5) is 5.82 Å². The second kappa shape index (κ2) is 3.95. The number of carbonyl (C=O) groups is 2. The zero-order valence-electron chi connectivity index (χ0n) is 9.81. The number of nitrogens with zero attached hydrogens (tertiary/aromatic N) is 2.